The molecule has 0 atom stereocenters. The van der Waals surface area contributed by atoms with Gasteiger partial charge in [-0.2, -0.15) is 5.21 Å². The number of aryl methyl sites for hydroxylation is 1. The summed E-state index contributed by atoms with van der Waals surface area (Å²) in [5.41, 5.74) is 0.532. The highest BCUT2D eigenvalue weighted by Gasteiger charge is 2.12. The number of fused-ring (bicyclic) bond motifs is 1. The summed E-state index contributed by atoms with van der Waals surface area (Å²) in [7, 11) is 0. The lowest BCUT2D eigenvalue weighted by atomic mass is 10.3. The quantitative estimate of drug-likeness (QED) is 0.711. The van der Waals surface area contributed by atoms with Gasteiger partial charge in [0.15, 0.2) is 5.52 Å². The average molecular weight is 193 g/mol. The van der Waals surface area contributed by atoms with E-state index in [0.717, 1.165) is 0 Å². The zero-order valence-electron chi connectivity index (χ0n) is 8.27. The van der Waals surface area contributed by atoms with Crippen molar-refractivity contribution in [2.45, 2.75) is 26.8 Å². The van der Waals surface area contributed by atoms with Crippen molar-refractivity contribution in [1.29, 1.82) is 0 Å². The molecule has 0 amide bonds. The number of nitrogens with one attached hydrogen (secondary N) is 1. The topological polar surface area (TPSA) is 76.5 Å². The normalized spacial score (nSPS) is 11.4. The molecule has 0 spiro atoms. The maximum atomic E-state index is 11.9. The van der Waals surface area contributed by atoms with Crippen molar-refractivity contribution in [2.24, 2.45) is 0 Å². The molecule has 1 N–H and O–H groups in total. The van der Waals surface area contributed by atoms with Gasteiger partial charge in [0.05, 0.1) is 0 Å². The molecule has 0 saturated carbocycles. The Hall–Kier alpha value is -1.72. The lowest BCUT2D eigenvalue weighted by molar-refractivity contribution is 0.554. The molecular weight excluding hydrogens is 182 g/mol. The van der Waals surface area contributed by atoms with Crippen LogP contribution in [0.25, 0.3) is 11.2 Å². The second-order valence-electron chi connectivity index (χ2n) is 3.42. The Morgan fingerprint density at radius 2 is 2.07 bits per heavy atom. The molecule has 0 aromatic carbocycles. The zero-order valence-corrected chi connectivity index (χ0v) is 8.27. The molecule has 2 aromatic rings. The highest BCUT2D eigenvalue weighted by atomic mass is 16.1. The van der Waals surface area contributed by atoms with Crippen molar-refractivity contribution in [3.63, 3.8) is 0 Å². The van der Waals surface area contributed by atoms with Gasteiger partial charge in [0.2, 0.25) is 5.65 Å². The summed E-state index contributed by atoms with van der Waals surface area (Å²) in [6.45, 7) is 5.65. The molecule has 74 valence electrons. The van der Waals surface area contributed by atoms with E-state index in [4.69, 9.17) is 0 Å². The standard InChI is InChI=1S/C8H11N5O/c1-4(2)13-5(3)9-7-6(8(13)14)10-12-11-7/h4H,1-3H3,(H,10,11,12). The van der Waals surface area contributed by atoms with Crippen LogP contribution in [0.15, 0.2) is 4.79 Å². The smallest absolute Gasteiger partial charge is 0.283 e. The van der Waals surface area contributed by atoms with Gasteiger partial charge in [0.25, 0.3) is 5.56 Å². The molecule has 0 aliphatic heterocycles. The Labute approximate surface area is 80.0 Å². The van der Waals surface area contributed by atoms with Crippen molar-refractivity contribution >= 4 is 11.2 Å². The minimum absolute atomic E-state index is 0.0797. The van der Waals surface area contributed by atoms with Crippen molar-refractivity contribution in [2.75, 3.05) is 0 Å². The van der Waals surface area contributed by atoms with E-state index in [9.17, 15) is 4.79 Å². The Bertz CT molecular complexity index is 524. The molecule has 0 unspecified atom stereocenters. The average Bonchev–Trinajstić information content (AvgIpc) is 2.50. The molecule has 0 fully saturated rings. The van der Waals surface area contributed by atoms with Crippen LogP contribution in [-0.4, -0.2) is 25.0 Å². The largest absolute Gasteiger partial charge is 0.292 e. The van der Waals surface area contributed by atoms with Gasteiger partial charge in [-0.1, -0.05) is 0 Å². The predicted molar refractivity (Wildman–Crippen MR) is 51.1 cm³/mol. The molecule has 0 radical (unpaired) electrons. The van der Waals surface area contributed by atoms with E-state index in [2.05, 4.69) is 20.4 Å². The van der Waals surface area contributed by atoms with Gasteiger partial charge in [0.1, 0.15) is 5.82 Å². The number of hydrogen-bond acceptors (Lipinski definition) is 4. The van der Waals surface area contributed by atoms with Gasteiger partial charge in [-0.05, 0) is 20.8 Å². The molecular formula is C8H11N5O. The number of nitrogens with zero attached hydrogens (tertiary/aromatic N) is 4. The van der Waals surface area contributed by atoms with Crippen LogP contribution in [0, 0.1) is 6.92 Å². The summed E-state index contributed by atoms with van der Waals surface area (Å²) in [4.78, 5) is 16.0. The Balaban J connectivity index is 2.90. The van der Waals surface area contributed by atoms with E-state index in [1.807, 2.05) is 13.8 Å². The maximum absolute atomic E-state index is 11.9. The third-order valence-corrected chi connectivity index (χ3v) is 2.08. The van der Waals surface area contributed by atoms with Crippen LogP contribution in [0.2, 0.25) is 0 Å². The second kappa shape index (κ2) is 2.90. The third-order valence-electron chi connectivity index (χ3n) is 2.08. The molecule has 14 heavy (non-hydrogen) atoms. The summed E-state index contributed by atoms with van der Waals surface area (Å²) >= 11 is 0. The van der Waals surface area contributed by atoms with Gasteiger partial charge < -0.3 is 0 Å². The first kappa shape index (κ1) is 8.86. The fourth-order valence-corrected chi connectivity index (χ4v) is 1.52. The predicted octanol–water partition coefficient (Wildman–Crippen LogP) is 0.404. The van der Waals surface area contributed by atoms with Gasteiger partial charge >= 0.3 is 0 Å². The first-order valence-electron chi connectivity index (χ1n) is 4.41. The molecule has 0 bridgehead atoms. The summed E-state index contributed by atoms with van der Waals surface area (Å²) in [6, 6.07) is 0.0797. The lowest BCUT2D eigenvalue weighted by Gasteiger charge is -2.11. The molecule has 2 rings (SSSR count). The number of rotatable bonds is 1. The maximum Gasteiger partial charge on any atom is 0.283 e. The van der Waals surface area contributed by atoms with Crippen molar-refractivity contribution in [3.8, 4) is 0 Å². The van der Waals surface area contributed by atoms with Crippen LogP contribution >= 0.6 is 0 Å². The number of aromatic nitrogens is 5. The Kier molecular flexibility index (Phi) is 1.83. The molecule has 0 saturated heterocycles. The first-order chi connectivity index (χ1) is 6.61. The van der Waals surface area contributed by atoms with E-state index in [-0.39, 0.29) is 11.6 Å². The van der Waals surface area contributed by atoms with Crippen molar-refractivity contribution in [3.05, 3.63) is 16.2 Å². The van der Waals surface area contributed by atoms with Crippen molar-refractivity contribution < 1.29 is 0 Å². The van der Waals surface area contributed by atoms with Crippen LogP contribution in [0.4, 0.5) is 0 Å². The van der Waals surface area contributed by atoms with Crippen LogP contribution < -0.4 is 5.56 Å². The first-order valence-corrected chi connectivity index (χ1v) is 4.41. The number of H-pyrrole nitrogens is 1. The van der Waals surface area contributed by atoms with Crippen LogP contribution in [0.3, 0.4) is 0 Å². The van der Waals surface area contributed by atoms with E-state index in [1.54, 1.807) is 11.5 Å². The molecule has 0 aliphatic carbocycles. The summed E-state index contributed by atoms with van der Waals surface area (Å²) in [5.74, 6) is 0.659. The summed E-state index contributed by atoms with van der Waals surface area (Å²) in [6.07, 6.45) is 0. The molecule has 6 heteroatoms. The second-order valence-corrected chi connectivity index (χ2v) is 3.42. The van der Waals surface area contributed by atoms with E-state index < -0.39 is 0 Å². The number of hydrogen-bond donors (Lipinski definition) is 1. The monoisotopic (exact) mass is 193 g/mol. The van der Waals surface area contributed by atoms with Gasteiger partial charge in [-0.15, -0.1) is 10.2 Å². The Morgan fingerprint density at radius 3 is 2.71 bits per heavy atom. The van der Waals surface area contributed by atoms with Gasteiger partial charge in [0, 0.05) is 6.04 Å². The Morgan fingerprint density at radius 1 is 1.36 bits per heavy atom. The van der Waals surface area contributed by atoms with E-state index >= 15 is 0 Å². The van der Waals surface area contributed by atoms with Crippen LogP contribution in [-0.2, 0) is 0 Å². The van der Waals surface area contributed by atoms with Crippen LogP contribution in [0.5, 0.6) is 0 Å². The van der Waals surface area contributed by atoms with Crippen LogP contribution in [0.1, 0.15) is 25.7 Å². The molecule has 6 nitrogen and oxygen atoms in total. The minimum atomic E-state index is -0.142. The summed E-state index contributed by atoms with van der Waals surface area (Å²) in [5, 5.41) is 9.95. The fraction of sp³-hybridized carbons (Fsp3) is 0.500. The highest BCUT2D eigenvalue weighted by molar-refractivity contribution is 5.67. The SMILES string of the molecule is Cc1nc2n[nH]nc2c(=O)n1C(C)C. The third kappa shape index (κ3) is 1.11. The van der Waals surface area contributed by atoms with E-state index in [1.165, 1.54) is 0 Å². The molecule has 2 aromatic heterocycles. The lowest BCUT2D eigenvalue weighted by Crippen LogP contribution is -2.25. The van der Waals surface area contributed by atoms with Gasteiger partial charge in [-0.25, -0.2) is 4.98 Å². The fourth-order valence-electron chi connectivity index (χ4n) is 1.52. The zero-order chi connectivity index (χ0) is 10.3. The molecule has 2 heterocycles. The molecule has 0 aliphatic rings. The minimum Gasteiger partial charge on any atom is -0.292 e. The van der Waals surface area contributed by atoms with Gasteiger partial charge in [-0.3, -0.25) is 9.36 Å². The van der Waals surface area contributed by atoms with E-state index in [0.29, 0.717) is 17.0 Å². The summed E-state index contributed by atoms with van der Waals surface area (Å²) < 4.78 is 1.60. The van der Waals surface area contributed by atoms with Crippen molar-refractivity contribution in [1.82, 2.24) is 25.0 Å². The number of aromatic amines is 1. The highest BCUT2D eigenvalue weighted by Crippen LogP contribution is 2.06.